The summed E-state index contributed by atoms with van der Waals surface area (Å²) in [4.78, 5) is 3.18. The molecule has 2 N–H and O–H groups in total. The van der Waals surface area contributed by atoms with Crippen molar-refractivity contribution in [1.82, 2.24) is 10.1 Å². The molecule has 0 saturated carbocycles. The lowest BCUT2D eigenvalue weighted by Crippen LogP contribution is -2.34. The van der Waals surface area contributed by atoms with Crippen LogP contribution in [0.2, 0.25) is 0 Å². The number of halogens is 3. The molecule has 0 atom stereocenters. The molecule has 0 amide bonds. The zero-order valence-electron chi connectivity index (χ0n) is 7.72. The lowest BCUT2D eigenvalue weighted by Gasteiger charge is -2.14. The van der Waals surface area contributed by atoms with Gasteiger partial charge in [0.05, 0.1) is 0 Å². The topological polar surface area (TPSA) is 64.9 Å². The minimum absolute atomic E-state index is 0.107. The molecule has 0 saturated heterocycles. The highest BCUT2D eigenvalue weighted by atomic mass is 19.4. The van der Waals surface area contributed by atoms with Crippen LogP contribution in [0, 0.1) is 0 Å². The lowest BCUT2D eigenvalue weighted by atomic mass is 10.0. The average Bonchev–Trinajstić information content (AvgIpc) is 2.29. The summed E-state index contributed by atoms with van der Waals surface area (Å²) in [5.41, 5.74) is 4.91. The van der Waals surface area contributed by atoms with E-state index >= 15 is 0 Å². The predicted octanol–water partition coefficient (Wildman–Crippen LogP) is 1.37. The van der Waals surface area contributed by atoms with Crippen molar-refractivity contribution in [3.05, 3.63) is 11.7 Å². The number of nitrogens with zero attached hydrogens (tertiary/aromatic N) is 2. The Morgan fingerprint density at radius 3 is 2.29 bits per heavy atom. The summed E-state index contributed by atoms with van der Waals surface area (Å²) in [5.74, 6) is -1.37. The maximum atomic E-state index is 12.0. The largest absolute Gasteiger partial charge is 0.455 e. The highest BCUT2D eigenvalue weighted by molar-refractivity contribution is 4.94. The van der Waals surface area contributed by atoms with E-state index < -0.39 is 17.5 Å². The molecule has 0 fully saturated rings. The van der Waals surface area contributed by atoms with Crippen molar-refractivity contribution < 1.29 is 17.7 Å². The molecule has 1 heterocycles. The van der Waals surface area contributed by atoms with Gasteiger partial charge in [-0.15, -0.1) is 0 Å². The SMILES string of the molecule is CC(C)(N)Cc1nc(C(F)(F)F)no1. The molecule has 80 valence electrons. The van der Waals surface area contributed by atoms with E-state index in [2.05, 4.69) is 14.7 Å². The van der Waals surface area contributed by atoms with E-state index in [1.807, 2.05) is 0 Å². The zero-order valence-corrected chi connectivity index (χ0v) is 7.72. The summed E-state index contributed by atoms with van der Waals surface area (Å²) in [6.45, 7) is 3.31. The Morgan fingerprint density at radius 1 is 1.36 bits per heavy atom. The second kappa shape index (κ2) is 3.23. The minimum atomic E-state index is -4.57. The number of nitrogens with two attached hydrogens (primary N) is 1. The van der Waals surface area contributed by atoms with E-state index in [1.165, 1.54) is 0 Å². The van der Waals surface area contributed by atoms with Gasteiger partial charge in [-0.2, -0.15) is 18.2 Å². The van der Waals surface area contributed by atoms with E-state index in [9.17, 15) is 13.2 Å². The van der Waals surface area contributed by atoms with Gasteiger partial charge in [-0.25, -0.2) is 0 Å². The Balaban J connectivity index is 2.79. The van der Waals surface area contributed by atoms with Gasteiger partial charge in [0.15, 0.2) is 0 Å². The molecule has 14 heavy (non-hydrogen) atoms. The monoisotopic (exact) mass is 209 g/mol. The predicted molar refractivity (Wildman–Crippen MR) is 41.3 cm³/mol. The van der Waals surface area contributed by atoms with Crippen molar-refractivity contribution >= 4 is 0 Å². The van der Waals surface area contributed by atoms with Gasteiger partial charge >= 0.3 is 6.18 Å². The van der Waals surface area contributed by atoms with Crippen molar-refractivity contribution in [3.8, 4) is 0 Å². The summed E-state index contributed by atoms with van der Waals surface area (Å²) < 4.78 is 40.5. The number of rotatable bonds is 2. The number of hydrogen-bond acceptors (Lipinski definition) is 4. The second-order valence-electron chi connectivity index (χ2n) is 3.67. The standard InChI is InChI=1S/C7H10F3N3O/c1-6(2,11)3-4-12-5(13-14-4)7(8,9)10/h3,11H2,1-2H3. The summed E-state index contributed by atoms with van der Waals surface area (Å²) in [5, 5.41) is 2.80. The molecule has 1 rings (SSSR count). The van der Waals surface area contributed by atoms with Crippen LogP contribution in [0.25, 0.3) is 0 Å². The summed E-state index contributed by atoms with van der Waals surface area (Å²) in [6, 6.07) is 0. The third kappa shape index (κ3) is 2.99. The highest BCUT2D eigenvalue weighted by Crippen LogP contribution is 2.26. The van der Waals surface area contributed by atoms with Gasteiger partial charge in [0.1, 0.15) is 0 Å². The van der Waals surface area contributed by atoms with Crippen LogP contribution in [0.3, 0.4) is 0 Å². The molecule has 1 aromatic heterocycles. The molecule has 0 aliphatic rings. The first-order valence-corrected chi connectivity index (χ1v) is 3.87. The first kappa shape index (κ1) is 11.0. The minimum Gasteiger partial charge on any atom is -0.339 e. The van der Waals surface area contributed by atoms with Crippen molar-refractivity contribution in [2.45, 2.75) is 32.0 Å². The number of aromatic nitrogens is 2. The van der Waals surface area contributed by atoms with Crippen LogP contribution in [0.4, 0.5) is 13.2 Å². The first-order chi connectivity index (χ1) is 6.18. The van der Waals surface area contributed by atoms with Crippen molar-refractivity contribution in [2.75, 3.05) is 0 Å². The summed E-state index contributed by atoms with van der Waals surface area (Å²) in [6.07, 6.45) is -4.46. The number of hydrogen-bond donors (Lipinski definition) is 1. The van der Waals surface area contributed by atoms with Crippen LogP contribution >= 0.6 is 0 Å². The van der Waals surface area contributed by atoms with Gasteiger partial charge in [0, 0.05) is 12.0 Å². The van der Waals surface area contributed by atoms with Crippen LogP contribution in [0.1, 0.15) is 25.6 Å². The van der Waals surface area contributed by atoms with E-state index in [-0.39, 0.29) is 12.3 Å². The fraction of sp³-hybridized carbons (Fsp3) is 0.714. The maximum Gasteiger partial charge on any atom is 0.455 e. The molecular weight excluding hydrogens is 199 g/mol. The molecule has 7 heteroatoms. The molecule has 0 spiro atoms. The second-order valence-corrected chi connectivity index (χ2v) is 3.67. The van der Waals surface area contributed by atoms with Gasteiger partial charge in [-0.1, -0.05) is 5.16 Å². The van der Waals surface area contributed by atoms with Crippen LogP contribution in [-0.2, 0) is 12.6 Å². The van der Waals surface area contributed by atoms with Gasteiger partial charge in [-0.05, 0) is 13.8 Å². The molecule has 0 aliphatic heterocycles. The molecule has 0 aliphatic carbocycles. The van der Waals surface area contributed by atoms with Gasteiger partial charge < -0.3 is 10.3 Å². The fourth-order valence-electron chi connectivity index (χ4n) is 0.832. The van der Waals surface area contributed by atoms with Crippen LogP contribution < -0.4 is 5.73 Å². The third-order valence-corrected chi connectivity index (χ3v) is 1.33. The Labute approximate surface area is 78.3 Å². The van der Waals surface area contributed by atoms with Crippen molar-refractivity contribution in [1.29, 1.82) is 0 Å². The van der Waals surface area contributed by atoms with Crippen LogP contribution in [0.5, 0.6) is 0 Å². The smallest absolute Gasteiger partial charge is 0.339 e. The molecule has 0 bridgehead atoms. The highest BCUT2D eigenvalue weighted by Gasteiger charge is 2.37. The van der Waals surface area contributed by atoms with E-state index in [4.69, 9.17) is 5.73 Å². The molecular formula is C7H10F3N3O. The van der Waals surface area contributed by atoms with E-state index in [0.29, 0.717) is 0 Å². The quantitative estimate of drug-likeness (QED) is 0.798. The molecule has 0 unspecified atom stereocenters. The molecule has 0 aromatic carbocycles. The number of alkyl halides is 3. The maximum absolute atomic E-state index is 12.0. The van der Waals surface area contributed by atoms with E-state index in [0.717, 1.165) is 0 Å². The average molecular weight is 209 g/mol. The lowest BCUT2D eigenvalue weighted by molar-refractivity contribution is -0.146. The van der Waals surface area contributed by atoms with Crippen molar-refractivity contribution in [2.24, 2.45) is 5.73 Å². The Bertz CT molecular complexity index is 313. The molecule has 1 aromatic rings. The van der Waals surface area contributed by atoms with E-state index in [1.54, 1.807) is 13.8 Å². The van der Waals surface area contributed by atoms with Crippen LogP contribution in [0.15, 0.2) is 4.52 Å². The fourth-order valence-corrected chi connectivity index (χ4v) is 0.832. The molecule has 4 nitrogen and oxygen atoms in total. The summed E-state index contributed by atoms with van der Waals surface area (Å²) >= 11 is 0. The van der Waals surface area contributed by atoms with Gasteiger partial charge in [0.2, 0.25) is 5.89 Å². The van der Waals surface area contributed by atoms with Crippen molar-refractivity contribution in [3.63, 3.8) is 0 Å². The Kier molecular flexibility index (Phi) is 2.53. The zero-order chi connectivity index (χ0) is 11.0. The Morgan fingerprint density at radius 2 is 1.93 bits per heavy atom. The Hall–Kier alpha value is -1.11. The first-order valence-electron chi connectivity index (χ1n) is 3.87. The third-order valence-electron chi connectivity index (χ3n) is 1.33. The summed E-state index contributed by atoms with van der Waals surface area (Å²) in [7, 11) is 0. The van der Waals surface area contributed by atoms with Gasteiger partial charge in [-0.3, -0.25) is 0 Å². The van der Waals surface area contributed by atoms with Gasteiger partial charge in [0.25, 0.3) is 5.82 Å². The van der Waals surface area contributed by atoms with Crippen LogP contribution in [-0.4, -0.2) is 15.7 Å². The molecule has 0 radical (unpaired) electrons. The normalized spacial score (nSPS) is 13.3.